The van der Waals surface area contributed by atoms with Gasteiger partial charge in [0.15, 0.2) is 6.29 Å². The lowest BCUT2D eigenvalue weighted by Crippen LogP contribution is -2.48. The summed E-state index contributed by atoms with van der Waals surface area (Å²) in [5.74, 6) is 2.58. The van der Waals surface area contributed by atoms with Crippen molar-refractivity contribution in [2.45, 2.75) is 99.3 Å². The fourth-order valence-corrected chi connectivity index (χ4v) is 4.30. The van der Waals surface area contributed by atoms with Crippen LogP contribution in [-0.2, 0) is 14.2 Å². The first-order valence-electron chi connectivity index (χ1n) is 10.2. The molecule has 0 saturated carbocycles. The minimum Gasteiger partial charge on any atom is -0.381 e. The van der Waals surface area contributed by atoms with Crippen LogP contribution in [0.25, 0.3) is 0 Å². The van der Waals surface area contributed by atoms with Gasteiger partial charge in [0.1, 0.15) is 0 Å². The van der Waals surface area contributed by atoms with E-state index in [1.165, 1.54) is 0 Å². The van der Waals surface area contributed by atoms with Crippen molar-refractivity contribution in [1.82, 2.24) is 0 Å². The third kappa shape index (κ3) is 4.95. The Labute approximate surface area is 150 Å². The molecule has 0 aromatic carbocycles. The molecule has 0 bridgehead atoms. The first-order chi connectivity index (χ1) is 11.3. The van der Waals surface area contributed by atoms with Crippen LogP contribution in [0.2, 0.25) is 0 Å². The van der Waals surface area contributed by atoms with Gasteiger partial charge >= 0.3 is 0 Å². The van der Waals surface area contributed by atoms with Gasteiger partial charge in [-0.1, -0.05) is 55.4 Å². The summed E-state index contributed by atoms with van der Waals surface area (Å²) in [6.07, 6.45) is 3.86. The molecule has 7 unspecified atom stereocenters. The van der Waals surface area contributed by atoms with E-state index < -0.39 is 0 Å². The van der Waals surface area contributed by atoms with Crippen molar-refractivity contribution in [3.8, 4) is 0 Å². The maximum Gasteiger partial charge on any atom is 0.161 e. The van der Waals surface area contributed by atoms with Crippen LogP contribution in [0.3, 0.4) is 0 Å². The predicted octanol–water partition coefficient (Wildman–Crippen LogP) is 5.52. The Balaban J connectivity index is 2.79. The number of hydrogen-bond donors (Lipinski definition) is 0. The Hall–Kier alpha value is -0.120. The second kappa shape index (κ2) is 10.1. The summed E-state index contributed by atoms with van der Waals surface area (Å²) in [4.78, 5) is 0. The molecule has 1 fully saturated rings. The van der Waals surface area contributed by atoms with Crippen molar-refractivity contribution in [3.05, 3.63) is 0 Å². The highest BCUT2D eigenvalue weighted by atomic mass is 16.7. The average Bonchev–Trinajstić information content (AvgIpc) is 2.59. The summed E-state index contributed by atoms with van der Waals surface area (Å²) < 4.78 is 18.6. The molecule has 0 amide bonds. The molecular formula is C21H42O3. The van der Waals surface area contributed by atoms with Crippen molar-refractivity contribution >= 4 is 0 Å². The van der Waals surface area contributed by atoms with Crippen LogP contribution in [0.15, 0.2) is 0 Å². The molecule has 1 aliphatic rings. The van der Waals surface area contributed by atoms with Crippen molar-refractivity contribution in [2.24, 2.45) is 29.6 Å². The molecule has 0 N–H and O–H groups in total. The molecule has 144 valence electrons. The molecule has 3 nitrogen and oxygen atoms in total. The summed E-state index contributed by atoms with van der Waals surface area (Å²) in [6, 6.07) is 0. The highest BCUT2D eigenvalue weighted by Crippen LogP contribution is 2.38. The Kier molecular flexibility index (Phi) is 9.25. The Morgan fingerprint density at radius 2 is 1.38 bits per heavy atom. The molecule has 0 spiro atoms. The fourth-order valence-electron chi connectivity index (χ4n) is 4.30. The van der Waals surface area contributed by atoms with E-state index in [4.69, 9.17) is 14.2 Å². The van der Waals surface area contributed by atoms with Crippen LogP contribution in [0.1, 0.15) is 74.7 Å². The highest BCUT2D eigenvalue weighted by Gasteiger charge is 2.40. The number of methoxy groups -OCH3 is 1. The topological polar surface area (TPSA) is 27.7 Å². The first-order valence-corrected chi connectivity index (χ1v) is 10.2. The minimum atomic E-state index is -0.0802. The van der Waals surface area contributed by atoms with E-state index in [1.807, 2.05) is 7.11 Å². The molecule has 0 aromatic heterocycles. The standard InChI is InChI=1S/C21H42O3/c1-10-18(22-9)15(6)16(7)20(12-3)24-21-17(8)13(4)14(5)19(11-2)23-21/h13-21H,10-12H2,1-9H3/t13?,14?,15-,16?,17-,18?,19?,20?,21?/m0/s1. The molecule has 1 saturated heterocycles. The Bertz CT molecular complexity index is 340. The monoisotopic (exact) mass is 342 g/mol. The third-order valence-corrected chi connectivity index (χ3v) is 6.80. The quantitative estimate of drug-likeness (QED) is 0.552. The smallest absolute Gasteiger partial charge is 0.161 e. The van der Waals surface area contributed by atoms with E-state index in [-0.39, 0.29) is 12.4 Å². The van der Waals surface area contributed by atoms with Crippen molar-refractivity contribution in [1.29, 1.82) is 0 Å². The van der Waals surface area contributed by atoms with E-state index >= 15 is 0 Å². The van der Waals surface area contributed by atoms with Gasteiger partial charge < -0.3 is 14.2 Å². The maximum absolute atomic E-state index is 6.55. The largest absolute Gasteiger partial charge is 0.381 e. The summed E-state index contributed by atoms with van der Waals surface area (Å²) in [5, 5.41) is 0. The number of hydrogen-bond acceptors (Lipinski definition) is 3. The van der Waals surface area contributed by atoms with Gasteiger partial charge in [-0.3, -0.25) is 0 Å². The summed E-state index contributed by atoms with van der Waals surface area (Å²) in [6.45, 7) is 18.2. The number of ether oxygens (including phenoxy) is 3. The second-order valence-corrected chi connectivity index (χ2v) is 8.01. The lowest BCUT2D eigenvalue weighted by atomic mass is 9.78. The normalized spacial score (nSPS) is 36.1. The van der Waals surface area contributed by atoms with Gasteiger partial charge in [-0.05, 0) is 42.9 Å². The summed E-state index contributed by atoms with van der Waals surface area (Å²) in [5.41, 5.74) is 0. The first kappa shape index (κ1) is 21.9. The van der Waals surface area contributed by atoms with E-state index in [9.17, 15) is 0 Å². The van der Waals surface area contributed by atoms with Crippen molar-refractivity contribution < 1.29 is 14.2 Å². The summed E-state index contributed by atoms with van der Waals surface area (Å²) >= 11 is 0. The van der Waals surface area contributed by atoms with Crippen molar-refractivity contribution in [2.75, 3.05) is 7.11 Å². The molecule has 0 aliphatic carbocycles. The zero-order valence-electron chi connectivity index (χ0n) is 17.5. The van der Waals surface area contributed by atoms with Crippen LogP contribution in [0.4, 0.5) is 0 Å². The average molecular weight is 343 g/mol. The molecule has 1 rings (SSSR count). The number of rotatable bonds is 9. The van der Waals surface area contributed by atoms with Crippen LogP contribution in [0.5, 0.6) is 0 Å². The fraction of sp³-hybridized carbons (Fsp3) is 1.00. The lowest BCUT2D eigenvalue weighted by Gasteiger charge is -2.45. The van der Waals surface area contributed by atoms with E-state index in [2.05, 4.69) is 55.4 Å². The van der Waals surface area contributed by atoms with Crippen LogP contribution < -0.4 is 0 Å². The van der Waals surface area contributed by atoms with Gasteiger partial charge in [0.25, 0.3) is 0 Å². The van der Waals surface area contributed by atoms with Crippen LogP contribution in [0, 0.1) is 29.6 Å². The van der Waals surface area contributed by atoms with Gasteiger partial charge in [-0.15, -0.1) is 0 Å². The zero-order chi connectivity index (χ0) is 18.4. The van der Waals surface area contributed by atoms with Gasteiger partial charge in [-0.2, -0.15) is 0 Å². The van der Waals surface area contributed by atoms with Gasteiger partial charge in [0.05, 0.1) is 18.3 Å². The molecular weight excluding hydrogens is 300 g/mol. The van der Waals surface area contributed by atoms with E-state index in [1.54, 1.807) is 0 Å². The van der Waals surface area contributed by atoms with Gasteiger partial charge in [-0.25, -0.2) is 0 Å². The van der Waals surface area contributed by atoms with Crippen molar-refractivity contribution in [3.63, 3.8) is 0 Å². The zero-order valence-corrected chi connectivity index (χ0v) is 17.5. The molecule has 24 heavy (non-hydrogen) atoms. The molecule has 1 heterocycles. The predicted molar refractivity (Wildman–Crippen MR) is 101 cm³/mol. The maximum atomic E-state index is 6.55. The van der Waals surface area contributed by atoms with E-state index in [0.717, 1.165) is 19.3 Å². The second-order valence-electron chi connectivity index (χ2n) is 8.01. The molecule has 0 aromatic rings. The minimum absolute atomic E-state index is 0.0802. The molecule has 3 heteroatoms. The molecule has 0 radical (unpaired) electrons. The SMILES string of the molecule is CCC1OC(OC(CC)C(C)[C@H](C)C(CC)OC)[C@@H](C)C(C)C1C. The highest BCUT2D eigenvalue weighted by molar-refractivity contribution is 4.84. The summed E-state index contributed by atoms with van der Waals surface area (Å²) in [7, 11) is 1.82. The van der Waals surface area contributed by atoms with E-state index in [0.29, 0.717) is 41.8 Å². The van der Waals surface area contributed by atoms with Crippen LogP contribution >= 0.6 is 0 Å². The lowest BCUT2D eigenvalue weighted by molar-refractivity contribution is -0.272. The molecule has 9 atom stereocenters. The van der Waals surface area contributed by atoms with Gasteiger partial charge in [0.2, 0.25) is 0 Å². The van der Waals surface area contributed by atoms with Crippen LogP contribution in [-0.4, -0.2) is 31.7 Å². The molecule has 1 aliphatic heterocycles. The Morgan fingerprint density at radius 1 is 0.833 bits per heavy atom. The Morgan fingerprint density at radius 3 is 1.83 bits per heavy atom. The third-order valence-electron chi connectivity index (χ3n) is 6.80. The van der Waals surface area contributed by atoms with Gasteiger partial charge in [0, 0.05) is 13.0 Å².